The van der Waals surface area contributed by atoms with Crippen LogP contribution >= 0.6 is 0 Å². The highest BCUT2D eigenvalue weighted by molar-refractivity contribution is 6.26. The minimum atomic E-state index is 0.619. The van der Waals surface area contributed by atoms with Gasteiger partial charge in [-0.05, 0) is 166 Å². The first-order chi connectivity index (χ1) is 73.8. The molecule has 0 aliphatic rings. The molecule has 0 unspecified atom stereocenters. The van der Waals surface area contributed by atoms with E-state index < -0.39 is 0 Å². The van der Waals surface area contributed by atoms with Gasteiger partial charge >= 0.3 is 0 Å². The molecule has 12 heterocycles. The van der Waals surface area contributed by atoms with Crippen molar-refractivity contribution < 1.29 is 13.9 Å². The number of benzene rings is 17. The van der Waals surface area contributed by atoms with Crippen molar-refractivity contribution in [1.29, 1.82) is 0 Å². The van der Waals surface area contributed by atoms with Gasteiger partial charge in [0, 0.05) is 127 Å². The van der Waals surface area contributed by atoms with E-state index in [-0.39, 0.29) is 0 Å². The first-order valence-electron chi connectivity index (χ1n) is 48.8. The van der Waals surface area contributed by atoms with Crippen LogP contribution in [0.5, 0.6) is 0 Å². The number of rotatable bonds is 15. The molecule has 0 saturated carbocycles. The fourth-order valence-corrected chi connectivity index (χ4v) is 20.1. The second-order valence-electron chi connectivity index (χ2n) is 36.4. The summed E-state index contributed by atoms with van der Waals surface area (Å²) in [4.78, 5) is 54.8. The van der Waals surface area contributed by atoms with E-state index in [1.165, 1.54) is 0 Å². The fourth-order valence-electron chi connectivity index (χ4n) is 20.1. The van der Waals surface area contributed by atoms with Crippen LogP contribution in [0.15, 0.2) is 481 Å². The van der Waals surface area contributed by atoms with Crippen molar-refractivity contribution in [3.05, 3.63) is 467 Å². The van der Waals surface area contributed by atoms with E-state index in [1.807, 2.05) is 212 Å². The molecule has 0 aliphatic heterocycles. The lowest BCUT2D eigenvalue weighted by Gasteiger charge is -2.14. The normalized spacial score (nSPS) is 11.5. The van der Waals surface area contributed by atoms with Gasteiger partial charge in [0.1, 0.15) is 33.1 Å². The van der Waals surface area contributed by atoms with Gasteiger partial charge in [0.25, 0.3) is 0 Å². The van der Waals surface area contributed by atoms with Gasteiger partial charge in [-0.3, -0.25) is 9.97 Å². The maximum absolute atomic E-state index is 5.40. The smallest absolute Gasteiger partial charge is 0.164 e. The summed E-state index contributed by atoms with van der Waals surface area (Å²) in [5.41, 5.74) is 34.5. The third-order valence-corrected chi connectivity index (χ3v) is 27.4. The summed E-state index contributed by atoms with van der Waals surface area (Å²) in [7, 11) is 0. The molecule has 0 fully saturated rings. The van der Waals surface area contributed by atoms with Gasteiger partial charge in [-0.2, -0.15) is 0 Å². The average Bonchev–Trinajstić information content (AvgIpc) is 1.71. The number of nitrogens with zero attached hydrogens (tertiary/aromatic N) is 17. The van der Waals surface area contributed by atoms with Gasteiger partial charge in [0.15, 0.2) is 17.5 Å². The molecule has 0 aliphatic carbocycles. The SMILES string of the molecule is c1ccc(-c2ccc3ccc4ccc(-c5ccc6c(c5)nc(-c5ccccc5)c5cc(-c7ccccc7)c7nonc7c56)nc4c3n2)cc1.c1ccc(-c2nc(-c3ccccc3)nc(-c3ccc(-c4ccc5c(c4)nc(-c4ccccc4)c4ccc6nonc6c45)cc3)n2)cc1.c1ccc(-c2nc3cc(-c4ccc(-c5cc(-c6ccccn6)nc(-c6ccccn6)c5)cc4)ccc3c3c2cc(-c2ccccc2)c2nonc23)cc1. The van der Waals surface area contributed by atoms with Gasteiger partial charge in [0.05, 0.1) is 78.8 Å². The van der Waals surface area contributed by atoms with Crippen LogP contribution in [0.4, 0.5) is 0 Å². The fraction of sp³-hybridized carbons (Fsp3) is 0. The van der Waals surface area contributed by atoms with E-state index in [4.69, 9.17) is 58.7 Å². The molecule has 17 aromatic carbocycles. The maximum atomic E-state index is 5.40. The van der Waals surface area contributed by atoms with Crippen molar-refractivity contribution in [3.63, 3.8) is 0 Å². The summed E-state index contributed by atoms with van der Waals surface area (Å²) in [6, 6.07) is 154. The Bertz CT molecular complexity index is 10100. The van der Waals surface area contributed by atoms with Crippen LogP contribution in [0.2, 0.25) is 0 Å². The van der Waals surface area contributed by atoms with Gasteiger partial charge in [-0.15, -0.1) is 0 Å². The molecule has 12 aromatic heterocycles. The van der Waals surface area contributed by atoms with Gasteiger partial charge < -0.3 is 0 Å². The minimum Gasteiger partial charge on any atom is -0.255 e. The molecule has 29 rings (SSSR count). The molecule has 0 atom stereocenters. The highest BCUT2D eigenvalue weighted by Crippen LogP contribution is 2.47. The van der Waals surface area contributed by atoms with E-state index in [9.17, 15) is 0 Å². The molecule has 149 heavy (non-hydrogen) atoms. The van der Waals surface area contributed by atoms with Crippen LogP contribution in [-0.2, 0) is 0 Å². The number of hydrogen-bond donors (Lipinski definition) is 0. The Morgan fingerprint density at radius 3 is 0.886 bits per heavy atom. The zero-order valence-corrected chi connectivity index (χ0v) is 79.3. The van der Waals surface area contributed by atoms with E-state index in [1.54, 1.807) is 12.4 Å². The van der Waals surface area contributed by atoms with Crippen LogP contribution < -0.4 is 0 Å². The van der Waals surface area contributed by atoms with Gasteiger partial charge in [0.2, 0.25) is 0 Å². The van der Waals surface area contributed by atoms with Crippen molar-refractivity contribution in [2.24, 2.45) is 0 Å². The first kappa shape index (κ1) is 87.3. The van der Waals surface area contributed by atoms with Crippen molar-refractivity contribution >= 4 is 120 Å². The summed E-state index contributed by atoms with van der Waals surface area (Å²) in [5.74, 6) is 1.89. The second kappa shape index (κ2) is 37.6. The van der Waals surface area contributed by atoms with Gasteiger partial charge in [-0.1, -0.05) is 364 Å². The molecule has 20 heteroatoms. The highest BCUT2D eigenvalue weighted by atomic mass is 16.6. The van der Waals surface area contributed by atoms with Gasteiger partial charge in [-0.25, -0.2) is 58.7 Å². The zero-order valence-electron chi connectivity index (χ0n) is 79.3. The van der Waals surface area contributed by atoms with Crippen LogP contribution in [-0.4, -0.2) is 85.8 Å². The lowest BCUT2D eigenvalue weighted by Crippen LogP contribution is -2.00. The third-order valence-electron chi connectivity index (χ3n) is 27.4. The number of aromatic nitrogens is 17. The Morgan fingerprint density at radius 2 is 0.463 bits per heavy atom. The van der Waals surface area contributed by atoms with Crippen LogP contribution in [0.25, 0.3) is 289 Å². The summed E-state index contributed by atoms with van der Waals surface area (Å²) >= 11 is 0. The average molecular weight is 1910 g/mol. The highest BCUT2D eigenvalue weighted by Gasteiger charge is 2.27. The van der Waals surface area contributed by atoms with E-state index in [2.05, 4.69) is 284 Å². The quantitative estimate of drug-likeness (QED) is 0.0864. The molecule has 29 aromatic rings. The van der Waals surface area contributed by atoms with Crippen molar-refractivity contribution in [2.75, 3.05) is 0 Å². The Balaban J connectivity index is 0.000000110. The largest absolute Gasteiger partial charge is 0.255 e. The lowest BCUT2D eigenvalue weighted by atomic mass is 9.93. The molecular weight excluding hydrogens is 1840 g/mol. The van der Waals surface area contributed by atoms with E-state index >= 15 is 0 Å². The van der Waals surface area contributed by atoms with Crippen molar-refractivity contribution in [2.45, 2.75) is 0 Å². The van der Waals surface area contributed by atoms with Crippen molar-refractivity contribution in [1.82, 2.24) is 85.8 Å². The van der Waals surface area contributed by atoms with Crippen molar-refractivity contribution in [3.8, 4) is 169 Å². The minimum absolute atomic E-state index is 0.619. The number of fused-ring (bicyclic) bond motifs is 18. The molecule has 0 saturated heterocycles. The summed E-state index contributed by atoms with van der Waals surface area (Å²) in [5, 5.41) is 37.0. The maximum Gasteiger partial charge on any atom is 0.164 e. The van der Waals surface area contributed by atoms with Crippen LogP contribution in [0, 0.1) is 0 Å². The molecule has 0 amide bonds. The molecule has 0 radical (unpaired) electrons. The summed E-state index contributed by atoms with van der Waals surface area (Å²) < 4.78 is 15.9. The predicted octanol–water partition coefficient (Wildman–Crippen LogP) is 31.2. The Kier molecular flexibility index (Phi) is 22.0. The first-order valence-corrected chi connectivity index (χ1v) is 48.8. The zero-order chi connectivity index (χ0) is 98.6. The Morgan fingerprint density at radius 1 is 0.148 bits per heavy atom. The van der Waals surface area contributed by atoms with E-state index in [0.717, 1.165) is 260 Å². The summed E-state index contributed by atoms with van der Waals surface area (Å²) in [6.45, 7) is 0. The molecule has 20 nitrogen and oxygen atoms in total. The van der Waals surface area contributed by atoms with Crippen LogP contribution in [0.1, 0.15) is 0 Å². The molecule has 0 spiro atoms. The molecule has 696 valence electrons. The Hall–Kier alpha value is -20.8. The summed E-state index contributed by atoms with van der Waals surface area (Å²) in [6.07, 6.45) is 3.58. The second-order valence-corrected chi connectivity index (χ2v) is 36.4. The monoisotopic (exact) mass is 1910 g/mol. The Labute approximate surface area is 850 Å². The number of pyridine rings is 8. The predicted molar refractivity (Wildman–Crippen MR) is 593 cm³/mol. The third kappa shape index (κ3) is 16.5. The lowest BCUT2D eigenvalue weighted by molar-refractivity contribution is 0.316. The molecule has 0 bridgehead atoms. The molecule has 0 N–H and O–H groups in total. The van der Waals surface area contributed by atoms with E-state index in [0.29, 0.717) is 28.5 Å². The molecular formula is C129H77N17O3. The topological polar surface area (TPSA) is 259 Å². The van der Waals surface area contributed by atoms with Crippen LogP contribution in [0.3, 0.4) is 0 Å². The number of hydrogen-bond acceptors (Lipinski definition) is 20. The standard InChI is InChI=1S/C46H28N6O.C43H25N5O.C40H24N6O/c1-3-11-31(12-4-1)36-28-37-43(46-45(36)51-53-52-46)35-22-21-33(25-40(35)50-44(37)32-13-5-2-6-14-32)29-17-19-30(20-18-29)34-26-41(38-15-7-9-23-47-38)49-42(27-34)39-16-8-10-24-48-39;1-4-10-26(11-5-1)33-25-34-38(43-42(33)47-49-48-43)32-21-18-31(24-37(32)46-39(34)28-14-8-3-9-15-28)36-23-20-30-17-16-29-19-22-35(27-12-6-2-7-13-27)44-40(29)41(30)45-36;1-4-10-26(11-5-1)36-32-22-23-33-37(46-47-45-33)35(32)31-21-20-30(24-34(31)41-36)25-16-18-29(19-17-25)40-43-38(27-12-6-2-7-13-27)42-39(44-40)28-14-8-3-9-15-28/h1-28H;1-25H;1-24H.